The van der Waals surface area contributed by atoms with Gasteiger partial charge >= 0.3 is 5.97 Å². The summed E-state index contributed by atoms with van der Waals surface area (Å²) in [5.74, 6) is -0.484. The molecular formula is C15H19N3O4S. The van der Waals surface area contributed by atoms with Crippen LogP contribution in [0, 0.1) is 0 Å². The average molecular weight is 337 g/mol. The van der Waals surface area contributed by atoms with Crippen LogP contribution in [0.4, 0.5) is 0 Å². The van der Waals surface area contributed by atoms with Crippen LogP contribution in [-0.4, -0.2) is 68.4 Å². The number of aromatic carboxylic acids is 1. The molecule has 1 aromatic rings. The molecule has 7 nitrogen and oxygen atoms in total. The molecule has 0 spiro atoms. The molecule has 0 radical (unpaired) electrons. The second kappa shape index (κ2) is 7.45. The Hall–Kier alpha value is -2.09. The lowest BCUT2D eigenvalue weighted by molar-refractivity contribution is -0.134. The molecule has 1 atom stereocenters. The van der Waals surface area contributed by atoms with Gasteiger partial charge in [0, 0.05) is 25.0 Å². The normalized spacial score (nSPS) is 17.1. The van der Waals surface area contributed by atoms with Crippen LogP contribution in [0.2, 0.25) is 0 Å². The predicted octanol–water partition coefficient (Wildman–Crippen LogP) is 1.16. The number of hydrogen-bond acceptors (Lipinski definition) is 5. The molecular weight excluding hydrogens is 318 g/mol. The minimum absolute atomic E-state index is 0.0523. The number of thioether (sulfide) groups is 1. The molecule has 0 bridgehead atoms. The number of carbonyl (C=O) groups excluding carboxylic acids is 2. The predicted molar refractivity (Wildman–Crippen MR) is 86.4 cm³/mol. The van der Waals surface area contributed by atoms with Crippen LogP contribution >= 0.6 is 11.8 Å². The first-order valence-electron chi connectivity index (χ1n) is 7.36. The molecule has 1 N–H and O–H groups in total. The summed E-state index contributed by atoms with van der Waals surface area (Å²) in [5, 5.41) is 8.84. The minimum atomic E-state index is -1.14. The van der Waals surface area contributed by atoms with Gasteiger partial charge in [-0.2, -0.15) is 0 Å². The van der Waals surface area contributed by atoms with Crippen LogP contribution in [0.3, 0.4) is 0 Å². The van der Waals surface area contributed by atoms with E-state index in [4.69, 9.17) is 5.11 Å². The van der Waals surface area contributed by atoms with E-state index in [0.29, 0.717) is 24.7 Å². The Labute approximate surface area is 138 Å². The molecule has 1 aromatic heterocycles. The summed E-state index contributed by atoms with van der Waals surface area (Å²) < 4.78 is 0. The van der Waals surface area contributed by atoms with Gasteiger partial charge in [0.25, 0.3) is 5.91 Å². The van der Waals surface area contributed by atoms with Gasteiger partial charge in [0.1, 0.15) is 11.7 Å². The fraction of sp³-hybridized carbons (Fsp3) is 0.467. The van der Waals surface area contributed by atoms with E-state index in [-0.39, 0.29) is 23.1 Å². The molecule has 2 heterocycles. The average Bonchev–Trinajstić information content (AvgIpc) is 3.04. The fourth-order valence-corrected chi connectivity index (χ4v) is 3.55. The van der Waals surface area contributed by atoms with Crippen molar-refractivity contribution >= 4 is 29.5 Å². The van der Waals surface area contributed by atoms with E-state index >= 15 is 0 Å². The third-order valence-electron chi connectivity index (χ3n) is 3.73. The van der Waals surface area contributed by atoms with Crippen LogP contribution < -0.4 is 0 Å². The fourth-order valence-electron chi connectivity index (χ4n) is 2.41. The van der Waals surface area contributed by atoms with Gasteiger partial charge in [0.2, 0.25) is 5.91 Å². The van der Waals surface area contributed by atoms with Gasteiger partial charge < -0.3 is 14.9 Å². The number of likely N-dealkylation sites (N-methyl/N-ethyl adjacent to an activating group) is 1. The Morgan fingerprint density at radius 2 is 2.04 bits per heavy atom. The summed E-state index contributed by atoms with van der Waals surface area (Å²) in [6.45, 7) is 5.02. The SMILES string of the molecule is CCN(CC)C(=O)C1CSCN1C(=O)c1ccc(C(=O)O)nc1. The Morgan fingerprint density at radius 1 is 1.35 bits per heavy atom. The molecule has 1 fully saturated rings. The summed E-state index contributed by atoms with van der Waals surface area (Å²) in [4.78, 5) is 42.9. The van der Waals surface area contributed by atoms with Crippen LogP contribution in [0.5, 0.6) is 0 Å². The van der Waals surface area contributed by atoms with Gasteiger partial charge in [-0.1, -0.05) is 0 Å². The van der Waals surface area contributed by atoms with Gasteiger partial charge in [0.05, 0.1) is 11.4 Å². The summed E-state index contributed by atoms with van der Waals surface area (Å²) in [5.41, 5.74) is 0.169. The minimum Gasteiger partial charge on any atom is -0.477 e. The number of nitrogens with zero attached hydrogens (tertiary/aromatic N) is 3. The Morgan fingerprint density at radius 3 is 2.57 bits per heavy atom. The largest absolute Gasteiger partial charge is 0.477 e. The first-order chi connectivity index (χ1) is 11.0. The van der Waals surface area contributed by atoms with Gasteiger partial charge in [-0.3, -0.25) is 9.59 Å². The first kappa shape index (κ1) is 17.3. The van der Waals surface area contributed by atoms with Crippen LogP contribution in [0.15, 0.2) is 18.3 Å². The molecule has 124 valence electrons. The lowest BCUT2D eigenvalue weighted by atomic mass is 10.2. The van der Waals surface area contributed by atoms with Gasteiger partial charge in [-0.05, 0) is 26.0 Å². The van der Waals surface area contributed by atoms with Crippen molar-refractivity contribution in [2.45, 2.75) is 19.9 Å². The van der Waals surface area contributed by atoms with E-state index < -0.39 is 12.0 Å². The quantitative estimate of drug-likeness (QED) is 0.867. The first-order valence-corrected chi connectivity index (χ1v) is 8.51. The molecule has 1 aliphatic heterocycles. The maximum Gasteiger partial charge on any atom is 0.354 e. The third kappa shape index (κ3) is 3.64. The van der Waals surface area contributed by atoms with E-state index in [2.05, 4.69) is 4.98 Å². The third-order valence-corrected chi connectivity index (χ3v) is 4.75. The lowest BCUT2D eigenvalue weighted by Crippen LogP contribution is -2.49. The van der Waals surface area contributed by atoms with E-state index in [1.807, 2.05) is 13.8 Å². The zero-order valence-corrected chi connectivity index (χ0v) is 13.9. The molecule has 2 rings (SSSR count). The molecule has 1 saturated heterocycles. The Bertz CT molecular complexity index is 601. The number of rotatable bonds is 5. The highest BCUT2D eigenvalue weighted by Crippen LogP contribution is 2.24. The van der Waals surface area contributed by atoms with Crippen molar-refractivity contribution in [2.75, 3.05) is 24.7 Å². The zero-order chi connectivity index (χ0) is 17.0. The van der Waals surface area contributed by atoms with Crippen molar-refractivity contribution in [3.8, 4) is 0 Å². The topological polar surface area (TPSA) is 90.8 Å². The highest BCUT2D eigenvalue weighted by Gasteiger charge is 2.36. The van der Waals surface area contributed by atoms with E-state index in [0.717, 1.165) is 0 Å². The van der Waals surface area contributed by atoms with Crippen LogP contribution in [0.25, 0.3) is 0 Å². The van der Waals surface area contributed by atoms with E-state index in [1.165, 1.54) is 35.0 Å². The summed E-state index contributed by atoms with van der Waals surface area (Å²) in [7, 11) is 0. The molecule has 23 heavy (non-hydrogen) atoms. The van der Waals surface area contributed by atoms with Crippen LogP contribution in [0.1, 0.15) is 34.7 Å². The lowest BCUT2D eigenvalue weighted by Gasteiger charge is -2.28. The van der Waals surface area contributed by atoms with Crippen molar-refractivity contribution < 1.29 is 19.5 Å². The molecule has 1 aliphatic rings. The summed E-state index contributed by atoms with van der Waals surface area (Å²) in [6, 6.07) is 2.24. The van der Waals surface area contributed by atoms with Crippen molar-refractivity contribution in [2.24, 2.45) is 0 Å². The zero-order valence-electron chi connectivity index (χ0n) is 13.1. The summed E-state index contributed by atoms with van der Waals surface area (Å²) in [6.07, 6.45) is 1.24. The van der Waals surface area contributed by atoms with E-state index in [9.17, 15) is 14.4 Å². The second-order valence-corrected chi connectivity index (χ2v) is 6.04. The smallest absolute Gasteiger partial charge is 0.354 e. The monoisotopic (exact) mass is 337 g/mol. The molecule has 0 aromatic carbocycles. The maximum absolute atomic E-state index is 12.6. The summed E-state index contributed by atoms with van der Waals surface area (Å²) >= 11 is 1.53. The van der Waals surface area contributed by atoms with Gasteiger partial charge in [-0.15, -0.1) is 11.8 Å². The van der Waals surface area contributed by atoms with Crippen LogP contribution in [-0.2, 0) is 4.79 Å². The number of pyridine rings is 1. The Kier molecular flexibility index (Phi) is 5.59. The number of hydrogen-bond donors (Lipinski definition) is 1. The number of aromatic nitrogens is 1. The van der Waals surface area contributed by atoms with Gasteiger partial charge in [-0.25, -0.2) is 9.78 Å². The standard InChI is InChI=1S/C15H19N3O4S/c1-3-17(4-2)14(20)12-8-23-9-18(12)13(19)10-5-6-11(15(21)22)16-7-10/h5-7,12H,3-4,8-9H2,1-2H3,(H,21,22). The van der Waals surface area contributed by atoms with Gasteiger partial charge in [0.15, 0.2) is 0 Å². The molecule has 2 amide bonds. The van der Waals surface area contributed by atoms with Crippen molar-refractivity contribution in [1.29, 1.82) is 0 Å². The van der Waals surface area contributed by atoms with Crippen molar-refractivity contribution in [3.63, 3.8) is 0 Å². The van der Waals surface area contributed by atoms with Crippen molar-refractivity contribution in [3.05, 3.63) is 29.6 Å². The Balaban J connectivity index is 2.17. The number of carbonyl (C=O) groups is 3. The number of amides is 2. The van der Waals surface area contributed by atoms with E-state index in [1.54, 1.807) is 4.90 Å². The van der Waals surface area contributed by atoms with Crippen molar-refractivity contribution in [1.82, 2.24) is 14.8 Å². The molecule has 8 heteroatoms. The molecule has 0 aliphatic carbocycles. The number of carboxylic acid groups (broad SMARTS) is 1. The highest BCUT2D eigenvalue weighted by atomic mass is 32.2. The number of carboxylic acids is 1. The second-order valence-electron chi connectivity index (χ2n) is 5.04. The molecule has 0 saturated carbocycles. The molecule has 1 unspecified atom stereocenters. The highest BCUT2D eigenvalue weighted by molar-refractivity contribution is 7.99. The maximum atomic E-state index is 12.6.